The Kier molecular flexibility index (Phi) is 5.83. The molecule has 3 aliphatic heterocycles. The fraction of sp³-hybridized carbons (Fsp3) is 0.375. The monoisotopic (exact) mass is 485 g/mol. The molecule has 2 aromatic carbocycles. The van der Waals surface area contributed by atoms with E-state index in [1.165, 1.54) is 0 Å². The van der Waals surface area contributed by atoms with E-state index in [1.54, 1.807) is 47.4 Å². The molecule has 0 spiro atoms. The number of likely N-dealkylation sites (tertiary alicyclic amines) is 1. The highest BCUT2D eigenvalue weighted by Gasteiger charge is 2.41. The Hall–Kier alpha value is -3.30. The second-order valence-corrected chi connectivity index (χ2v) is 9.17. The number of urea groups is 1. The zero-order valence-corrected chi connectivity index (χ0v) is 19.1. The lowest BCUT2D eigenvalue weighted by molar-refractivity contribution is -0.139. The number of rotatable bonds is 5. The number of fused-ring (bicyclic) bond motifs is 1. The molecule has 2 aromatic rings. The van der Waals surface area contributed by atoms with Crippen LogP contribution in [-0.2, 0) is 21.7 Å². The average molecular weight is 486 g/mol. The van der Waals surface area contributed by atoms with Crippen LogP contribution in [0.1, 0.15) is 30.4 Å². The van der Waals surface area contributed by atoms with Gasteiger partial charge in [-0.05, 0) is 48.2 Å². The van der Waals surface area contributed by atoms with Gasteiger partial charge in [-0.2, -0.15) is 0 Å². The number of carbonyl (C=O) groups excluding carboxylic acids is 3. The van der Waals surface area contributed by atoms with E-state index in [4.69, 9.17) is 21.1 Å². The first-order valence-electron chi connectivity index (χ1n) is 11.1. The number of benzene rings is 2. The summed E-state index contributed by atoms with van der Waals surface area (Å²) in [5.41, 5.74) is 0.457. The van der Waals surface area contributed by atoms with Crippen molar-refractivity contribution in [3.63, 3.8) is 0 Å². The Morgan fingerprint density at radius 2 is 1.79 bits per heavy atom. The molecule has 10 heteroatoms. The van der Waals surface area contributed by atoms with Gasteiger partial charge in [0.05, 0.1) is 18.6 Å². The van der Waals surface area contributed by atoms with Crippen molar-refractivity contribution in [3.05, 3.63) is 58.6 Å². The third kappa shape index (κ3) is 4.28. The van der Waals surface area contributed by atoms with E-state index in [0.29, 0.717) is 42.5 Å². The number of halogens is 1. The fourth-order valence-electron chi connectivity index (χ4n) is 4.57. The molecule has 178 valence electrons. The van der Waals surface area contributed by atoms with Gasteiger partial charge in [-0.25, -0.2) is 4.79 Å². The molecule has 0 aliphatic carbocycles. The molecule has 0 bridgehead atoms. The number of nitrogens with one attached hydrogen (secondary N) is 1. The van der Waals surface area contributed by atoms with E-state index in [9.17, 15) is 19.5 Å². The lowest BCUT2D eigenvalue weighted by atomic mass is 9.84. The third-order valence-electron chi connectivity index (χ3n) is 6.59. The maximum atomic E-state index is 12.9. The van der Waals surface area contributed by atoms with Crippen LogP contribution in [0.5, 0.6) is 11.5 Å². The fourth-order valence-corrected chi connectivity index (χ4v) is 4.69. The number of imide groups is 1. The first kappa shape index (κ1) is 22.5. The molecule has 1 atom stereocenters. The molecular formula is C24H24ClN3O6. The van der Waals surface area contributed by atoms with E-state index in [2.05, 4.69) is 5.32 Å². The van der Waals surface area contributed by atoms with Crippen LogP contribution in [0.25, 0.3) is 0 Å². The Morgan fingerprint density at radius 3 is 2.53 bits per heavy atom. The summed E-state index contributed by atoms with van der Waals surface area (Å²) in [6.07, 6.45) is 0.630. The number of nitrogens with zero attached hydrogens (tertiary/aromatic N) is 2. The topological polar surface area (TPSA) is 108 Å². The molecule has 9 nitrogen and oxygen atoms in total. The van der Waals surface area contributed by atoms with Gasteiger partial charge in [0.2, 0.25) is 12.7 Å². The number of piperidine rings is 1. The van der Waals surface area contributed by atoms with E-state index >= 15 is 0 Å². The largest absolute Gasteiger partial charge is 0.454 e. The molecule has 0 unspecified atom stereocenters. The molecule has 2 N–H and O–H groups in total. The molecule has 0 aromatic heterocycles. The van der Waals surface area contributed by atoms with E-state index in [1.807, 2.05) is 0 Å². The minimum Gasteiger partial charge on any atom is -0.454 e. The summed E-state index contributed by atoms with van der Waals surface area (Å²) in [6, 6.07) is 10.8. The smallest absolute Gasteiger partial charge is 0.325 e. The summed E-state index contributed by atoms with van der Waals surface area (Å²) in [5, 5.41) is 14.2. The second kappa shape index (κ2) is 8.81. The third-order valence-corrected chi connectivity index (χ3v) is 6.84. The van der Waals surface area contributed by atoms with Crippen LogP contribution >= 0.6 is 11.6 Å². The molecule has 34 heavy (non-hydrogen) atoms. The minimum absolute atomic E-state index is 0.0732. The second-order valence-electron chi connectivity index (χ2n) is 8.74. The number of amides is 4. The molecule has 5 rings (SSSR count). The van der Waals surface area contributed by atoms with Gasteiger partial charge in [-0.15, -0.1) is 0 Å². The van der Waals surface area contributed by atoms with Gasteiger partial charge in [0.1, 0.15) is 6.04 Å². The maximum Gasteiger partial charge on any atom is 0.325 e. The van der Waals surface area contributed by atoms with Gasteiger partial charge in [0, 0.05) is 18.1 Å². The molecule has 0 radical (unpaired) electrons. The summed E-state index contributed by atoms with van der Waals surface area (Å²) in [7, 11) is 0. The molecule has 2 saturated heterocycles. The van der Waals surface area contributed by atoms with Crippen LogP contribution in [0.4, 0.5) is 4.79 Å². The van der Waals surface area contributed by atoms with E-state index in [-0.39, 0.29) is 25.7 Å². The van der Waals surface area contributed by atoms with Gasteiger partial charge in [0.15, 0.2) is 11.5 Å². The van der Waals surface area contributed by atoms with Crippen LogP contribution in [0.15, 0.2) is 42.5 Å². The minimum atomic E-state index is -1.03. The zero-order chi connectivity index (χ0) is 23.9. The van der Waals surface area contributed by atoms with Crippen molar-refractivity contribution >= 4 is 29.4 Å². The Morgan fingerprint density at radius 1 is 1.09 bits per heavy atom. The van der Waals surface area contributed by atoms with Crippen molar-refractivity contribution in [2.75, 3.05) is 19.9 Å². The lowest BCUT2D eigenvalue weighted by Gasteiger charge is -2.38. The zero-order valence-electron chi connectivity index (χ0n) is 18.3. The standard InChI is InChI=1S/C24H24ClN3O6/c25-17-4-2-16(3-5-17)24(32)7-9-27(10-8-24)21(29)12-18-22(30)28(23(31)26-18)13-15-1-6-19-20(11-15)34-14-33-19/h1-6,11,18,32H,7-10,12-14H2,(H,26,31)/t18-/m1/s1. The van der Waals surface area contributed by atoms with Crippen LogP contribution in [0.2, 0.25) is 5.02 Å². The van der Waals surface area contributed by atoms with Crippen molar-refractivity contribution in [1.29, 1.82) is 0 Å². The molecular weight excluding hydrogens is 462 g/mol. The maximum absolute atomic E-state index is 12.9. The highest BCUT2D eigenvalue weighted by atomic mass is 35.5. The lowest BCUT2D eigenvalue weighted by Crippen LogP contribution is -2.47. The summed E-state index contributed by atoms with van der Waals surface area (Å²) in [6.45, 7) is 0.922. The summed E-state index contributed by atoms with van der Waals surface area (Å²) in [4.78, 5) is 40.9. The van der Waals surface area contributed by atoms with Crippen molar-refractivity contribution in [2.45, 2.75) is 37.5 Å². The van der Waals surface area contributed by atoms with Gasteiger partial charge in [0.25, 0.3) is 5.91 Å². The van der Waals surface area contributed by atoms with Gasteiger partial charge in [-0.1, -0.05) is 29.8 Å². The highest BCUT2D eigenvalue weighted by molar-refractivity contribution is 6.30. The predicted molar refractivity (Wildman–Crippen MR) is 121 cm³/mol. The van der Waals surface area contributed by atoms with E-state index in [0.717, 1.165) is 16.0 Å². The van der Waals surface area contributed by atoms with Crippen LogP contribution < -0.4 is 14.8 Å². The van der Waals surface area contributed by atoms with Crippen LogP contribution in [0.3, 0.4) is 0 Å². The highest BCUT2D eigenvalue weighted by Crippen LogP contribution is 2.34. The van der Waals surface area contributed by atoms with Crippen molar-refractivity contribution < 1.29 is 29.0 Å². The first-order chi connectivity index (χ1) is 16.3. The molecule has 0 saturated carbocycles. The number of hydrogen-bond acceptors (Lipinski definition) is 6. The quantitative estimate of drug-likeness (QED) is 0.629. The van der Waals surface area contributed by atoms with Gasteiger partial charge in [-0.3, -0.25) is 14.5 Å². The Labute approximate surface area is 201 Å². The number of hydrogen-bond donors (Lipinski definition) is 2. The Bertz CT molecular complexity index is 1130. The number of ether oxygens (including phenoxy) is 2. The number of aliphatic hydroxyl groups is 1. The average Bonchev–Trinajstić information content (AvgIpc) is 3.39. The van der Waals surface area contributed by atoms with Crippen molar-refractivity contribution in [3.8, 4) is 11.5 Å². The summed E-state index contributed by atoms with van der Waals surface area (Å²) in [5.74, 6) is 0.515. The molecule has 2 fully saturated rings. The summed E-state index contributed by atoms with van der Waals surface area (Å²) >= 11 is 5.94. The van der Waals surface area contributed by atoms with E-state index < -0.39 is 23.6 Å². The van der Waals surface area contributed by atoms with Gasteiger partial charge >= 0.3 is 6.03 Å². The summed E-state index contributed by atoms with van der Waals surface area (Å²) < 4.78 is 10.6. The normalized spacial score (nSPS) is 21.1. The molecule has 4 amide bonds. The SMILES string of the molecule is O=C(C[C@H]1NC(=O)N(Cc2ccc3c(c2)OCO3)C1=O)N1CCC(O)(c2ccc(Cl)cc2)CC1. The van der Waals surface area contributed by atoms with Crippen molar-refractivity contribution in [1.82, 2.24) is 15.1 Å². The van der Waals surface area contributed by atoms with Crippen LogP contribution in [-0.4, -0.2) is 58.7 Å². The van der Waals surface area contributed by atoms with Crippen molar-refractivity contribution in [2.24, 2.45) is 0 Å². The molecule has 3 heterocycles. The van der Waals surface area contributed by atoms with Gasteiger partial charge < -0.3 is 24.8 Å². The number of carbonyl (C=O) groups is 3. The predicted octanol–water partition coefficient (Wildman–Crippen LogP) is 2.39. The molecule has 3 aliphatic rings. The Balaban J connectivity index is 1.17. The van der Waals surface area contributed by atoms with Crippen LogP contribution in [0, 0.1) is 0 Å². The first-order valence-corrected chi connectivity index (χ1v) is 11.5.